The molecule has 0 amide bonds. The molecule has 1 atom stereocenters. The number of hydrogen-bond donors (Lipinski definition) is 1. The molecule has 0 aliphatic rings. The summed E-state index contributed by atoms with van der Waals surface area (Å²) in [7, 11) is -3.20. The van der Waals surface area contributed by atoms with Gasteiger partial charge in [0.25, 0.3) is 0 Å². The number of hydrogen-bond acceptors (Lipinski definition) is 3. The second kappa shape index (κ2) is 5.41. The number of sulfone groups is 1. The molecule has 0 saturated carbocycles. The first-order chi connectivity index (χ1) is 8.13. The second-order valence-electron chi connectivity index (χ2n) is 5.86. The van der Waals surface area contributed by atoms with Crippen molar-refractivity contribution >= 4 is 9.84 Å². The van der Waals surface area contributed by atoms with Crippen molar-refractivity contribution in [2.45, 2.75) is 50.5 Å². The van der Waals surface area contributed by atoms with E-state index in [1.807, 2.05) is 19.1 Å². The minimum atomic E-state index is -3.20. The molecule has 1 rings (SSSR count). The van der Waals surface area contributed by atoms with Crippen LogP contribution in [0.5, 0.6) is 0 Å². The van der Waals surface area contributed by atoms with Gasteiger partial charge in [0.15, 0.2) is 9.84 Å². The van der Waals surface area contributed by atoms with E-state index in [1.54, 1.807) is 12.1 Å². The molecule has 1 unspecified atom stereocenters. The van der Waals surface area contributed by atoms with Gasteiger partial charge in [0, 0.05) is 6.04 Å². The van der Waals surface area contributed by atoms with E-state index >= 15 is 0 Å². The van der Waals surface area contributed by atoms with Crippen molar-refractivity contribution in [3.05, 3.63) is 29.8 Å². The van der Waals surface area contributed by atoms with Crippen LogP contribution in [0.2, 0.25) is 0 Å². The molecule has 0 aliphatic heterocycles. The zero-order chi connectivity index (χ0) is 14.0. The zero-order valence-corrected chi connectivity index (χ0v) is 12.4. The summed E-state index contributed by atoms with van der Waals surface area (Å²) < 4.78 is 24.1. The molecular weight excluding hydrogens is 246 g/mol. The van der Waals surface area contributed by atoms with E-state index in [0.717, 1.165) is 5.56 Å². The van der Waals surface area contributed by atoms with Crippen molar-refractivity contribution in [1.29, 1.82) is 0 Å². The highest BCUT2D eigenvalue weighted by molar-refractivity contribution is 7.91. The molecule has 3 nitrogen and oxygen atoms in total. The summed E-state index contributed by atoms with van der Waals surface area (Å²) in [5, 5.41) is 0. The van der Waals surface area contributed by atoms with Gasteiger partial charge >= 0.3 is 0 Å². The van der Waals surface area contributed by atoms with E-state index in [4.69, 9.17) is 5.73 Å². The third-order valence-corrected chi connectivity index (χ3v) is 4.68. The maximum atomic E-state index is 12.0. The Morgan fingerprint density at radius 1 is 1.17 bits per heavy atom. The molecule has 0 aromatic heterocycles. The lowest BCUT2D eigenvalue weighted by Gasteiger charge is -2.19. The minimum Gasteiger partial charge on any atom is -0.328 e. The molecule has 0 spiro atoms. The Morgan fingerprint density at radius 3 is 2.06 bits per heavy atom. The van der Waals surface area contributed by atoms with Crippen LogP contribution in [0.25, 0.3) is 0 Å². The summed E-state index contributed by atoms with van der Waals surface area (Å²) >= 11 is 0. The maximum Gasteiger partial charge on any atom is 0.178 e. The van der Waals surface area contributed by atoms with Gasteiger partial charge in [-0.1, -0.05) is 32.9 Å². The van der Waals surface area contributed by atoms with Crippen LogP contribution in [-0.2, 0) is 15.3 Å². The molecule has 0 heterocycles. The summed E-state index contributed by atoms with van der Waals surface area (Å²) in [4.78, 5) is 0.385. The van der Waals surface area contributed by atoms with Crippen LogP contribution in [-0.4, -0.2) is 20.2 Å². The monoisotopic (exact) mass is 269 g/mol. The third-order valence-electron chi connectivity index (χ3n) is 2.92. The van der Waals surface area contributed by atoms with E-state index in [0.29, 0.717) is 11.3 Å². The third kappa shape index (κ3) is 4.10. The van der Waals surface area contributed by atoms with E-state index in [1.165, 1.54) is 0 Å². The van der Waals surface area contributed by atoms with Gasteiger partial charge in [0.05, 0.1) is 10.6 Å². The quantitative estimate of drug-likeness (QED) is 0.913. The highest BCUT2D eigenvalue weighted by atomic mass is 32.2. The molecule has 0 bridgehead atoms. The fourth-order valence-corrected chi connectivity index (χ4v) is 3.09. The average Bonchev–Trinajstić information content (AvgIpc) is 2.26. The summed E-state index contributed by atoms with van der Waals surface area (Å²) in [6.07, 6.45) is 0.489. The van der Waals surface area contributed by atoms with Gasteiger partial charge in [-0.3, -0.25) is 0 Å². The van der Waals surface area contributed by atoms with Crippen LogP contribution in [0.4, 0.5) is 0 Å². The first-order valence-corrected chi connectivity index (χ1v) is 7.87. The highest BCUT2D eigenvalue weighted by Gasteiger charge is 2.17. The SMILES string of the molecule is CC(N)CCS(=O)(=O)c1ccc(C(C)(C)C)cc1. The molecule has 0 radical (unpaired) electrons. The first-order valence-electron chi connectivity index (χ1n) is 6.22. The lowest BCUT2D eigenvalue weighted by Crippen LogP contribution is -2.20. The fraction of sp³-hybridized carbons (Fsp3) is 0.571. The second-order valence-corrected chi connectivity index (χ2v) is 7.97. The van der Waals surface area contributed by atoms with Crippen LogP contribution in [0, 0.1) is 0 Å². The highest BCUT2D eigenvalue weighted by Crippen LogP contribution is 2.23. The van der Waals surface area contributed by atoms with E-state index in [2.05, 4.69) is 20.8 Å². The Labute approximate surface area is 110 Å². The summed E-state index contributed by atoms with van der Waals surface area (Å²) in [5.74, 6) is 0.111. The Kier molecular flexibility index (Phi) is 4.56. The molecule has 102 valence electrons. The Balaban J connectivity index is 2.91. The largest absolute Gasteiger partial charge is 0.328 e. The van der Waals surface area contributed by atoms with Gasteiger partial charge in [-0.2, -0.15) is 0 Å². The minimum absolute atomic E-state index is 0.0358. The molecular formula is C14H23NO2S. The van der Waals surface area contributed by atoms with Gasteiger partial charge < -0.3 is 5.73 Å². The molecule has 18 heavy (non-hydrogen) atoms. The molecule has 4 heteroatoms. The molecule has 1 aromatic carbocycles. The van der Waals surface area contributed by atoms with Crippen molar-refractivity contribution in [1.82, 2.24) is 0 Å². The van der Waals surface area contributed by atoms with Crippen LogP contribution >= 0.6 is 0 Å². The molecule has 0 aliphatic carbocycles. The van der Waals surface area contributed by atoms with Crippen LogP contribution in [0.3, 0.4) is 0 Å². The van der Waals surface area contributed by atoms with Crippen molar-refractivity contribution in [3.63, 3.8) is 0 Å². The standard InChI is InChI=1S/C14H23NO2S/c1-11(15)9-10-18(16,17)13-7-5-12(6-8-13)14(2,3)4/h5-8,11H,9-10,15H2,1-4H3. The fourth-order valence-electron chi connectivity index (χ4n) is 1.62. The molecule has 1 aromatic rings. The number of rotatable bonds is 4. The Bertz CT molecular complexity index is 482. The molecule has 2 N–H and O–H groups in total. The predicted molar refractivity (Wildman–Crippen MR) is 75.5 cm³/mol. The van der Waals surface area contributed by atoms with E-state index in [-0.39, 0.29) is 17.2 Å². The van der Waals surface area contributed by atoms with E-state index in [9.17, 15) is 8.42 Å². The summed E-state index contributed by atoms with van der Waals surface area (Å²) in [6, 6.07) is 7.07. The lowest BCUT2D eigenvalue weighted by atomic mass is 9.87. The van der Waals surface area contributed by atoms with Crippen molar-refractivity contribution in [3.8, 4) is 0 Å². The van der Waals surface area contributed by atoms with E-state index < -0.39 is 9.84 Å². The predicted octanol–water partition coefficient (Wildman–Crippen LogP) is 2.50. The summed E-state index contributed by atoms with van der Waals surface area (Å²) in [5.41, 5.74) is 6.76. The van der Waals surface area contributed by atoms with Gasteiger partial charge in [-0.25, -0.2) is 8.42 Å². The number of benzene rings is 1. The Morgan fingerprint density at radius 2 is 1.67 bits per heavy atom. The molecule has 0 fully saturated rings. The van der Waals surface area contributed by atoms with Gasteiger partial charge in [0.1, 0.15) is 0 Å². The van der Waals surface area contributed by atoms with Gasteiger partial charge in [-0.05, 0) is 36.5 Å². The van der Waals surface area contributed by atoms with Gasteiger partial charge in [-0.15, -0.1) is 0 Å². The normalized spacial score (nSPS) is 14.5. The van der Waals surface area contributed by atoms with Crippen molar-refractivity contribution in [2.75, 3.05) is 5.75 Å². The van der Waals surface area contributed by atoms with Gasteiger partial charge in [0.2, 0.25) is 0 Å². The summed E-state index contributed by atoms with van der Waals surface area (Å²) in [6.45, 7) is 8.13. The Hall–Kier alpha value is -0.870. The van der Waals surface area contributed by atoms with Crippen molar-refractivity contribution in [2.24, 2.45) is 5.73 Å². The number of nitrogens with two attached hydrogens (primary N) is 1. The molecule has 0 saturated heterocycles. The zero-order valence-electron chi connectivity index (χ0n) is 11.6. The lowest BCUT2D eigenvalue weighted by molar-refractivity contribution is 0.583. The first kappa shape index (κ1) is 15.2. The van der Waals surface area contributed by atoms with Crippen LogP contribution in [0.15, 0.2) is 29.2 Å². The smallest absolute Gasteiger partial charge is 0.178 e. The van der Waals surface area contributed by atoms with Crippen molar-refractivity contribution < 1.29 is 8.42 Å². The van der Waals surface area contributed by atoms with Crippen LogP contribution in [0.1, 0.15) is 39.7 Å². The average molecular weight is 269 g/mol. The maximum absolute atomic E-state index is 12.0. The van der Waals surface area contributed by atoms with Crippen LogP contribution < -0.4 is 5.73 Å². The topological polar surface area (TPSA) is 60.2 Å².